The standard InChI is InChI=1S/C22H32N2O3/c1-21(2)13-16(14-22(3,4)15-21)19-12-17(6-7-20(19)24(25)26)23-10-8-18(27-5)9-11-23/h6-7,12-13,18H,8-11,14-15H2,1-5H3. The summed E-state index contributed by atoms with van der Waals surface area (Å²) in [5.41, 5.74) is 3.35. The molecule has 1 aliphatic heterocycles. The van der Waals surface area contributed by atoms with Gasteiger partial charge in [-0.25, -0.2) is 0 Å². The van der Waals surface area contributed by atoms with E-state index in [0.717, 1.165) is 55.6 Å². The Morgan fingerprint density at radius 1 is 1.19 bits per heavy atom. The Hall–Kier alpha value is -1.88. The van der Waals surface area contributed by atoms with Gasteiger partial charge >= 0.3 is 0 Å². The molecule has 0 N–H and O–H groups in total. The number of methoxy groups -OCH3 is 1. The molecule has 0 unspecified atom stereocenters. The van der Waals surface area contributed by atoms with E-state index >= 15 is 0 Å². The van der Waals surface area contributed by atoms with Crippen LogP contribution in [0.4, 0.5) is 11.4 Å². The molecule has 0 aromatic heterocycles. The summed E-state index contributed by atoms with van der Waals surface area (Å²) in [6.45, 7) is 10.8. The molecular formula is C22H32N2O3. The van der Waals surface area contributed by atoms with Gasteiger partial charge in [0, 0.05) is 32.0 Å². The van der Waals surface area contributed by atoms with Gasteiger partial charge in [0.25, 0.3) is 5.69 Å². The Balaban J connectivity index is 1.98. The minimum absolute atomic E-state index is 0.0395. The lowest BCUT2D eigenvalue weighted by molar-refractivity contribution is -0.385. The maximum absolute atomic E-state index is 11.7. The SMILES string of the molecule is COC1CCN(c2ccc([N+](=O)[O-])c(C3=CC(C)(C)CC(C)(C)C3)c2)CC1. The van der Waals surface area contributed by atoms with Crippen molar-refractivity contribution >= 4 is 16.9 Å². The first-order valence-electron chi connectivity index (χ1n) is 9.88. The predicted octanol–water partition coefficient (Wildman–Crippen LogP) is 5.44. The first kappa shape index (κ1) is 19.9. The van der Waals surface area contributed by atoms with Gasteiger partial charge in [-0.3, -0.25) is 10.1 Å². The number of rotatable bonds is 4. The molecule has 1 heterocycles. The zero-order valence-corrected chi connectivity index (χ0v) is 17.2. The largest absolute Gasteiger partial charge is 0.381 e. The van der Waals surface area contributed by atoms with Crippen LogP contribution < -0.4 is 4.90 Å². The lowest BCUT2D eigenvalue weighted by Gasteiger charge is -2.39. The number of hydrogen-bond donors (Lipinski definition) is 0. The molecule has 5 nitrogen and oxygen atoms in total. The fourth-order valence-corrected chi connectivity index (χ4v) is 5.05. The van der Waals surface area contributed by atoms with Crippen LogP contribution in [-0.2, 0) is 4.74 Å². The topological polar surface area (TPSA) is 55.6 Å². The van der Waals surface area contributed by atoms with E-state index in [2.05, 4.69) is 38.7 Å². The fraction of sp³-hybridized carbons (Fsp3) is 0.636. The van der Waals surface area contributed by atoms with Crippen molar-refractivity contribution in [2.24, 2.45) is 10.8 Å². The molecule has 1 aliphatic carbocycles. The quantitative estimate of drug-likeness (QED) is 0.522. The van der Waals surface area contributed by atoms with Crippen molar-refractivity contribution in [3.63, 3.8) is 0 Å². The van der Waals surface area contributed by atoms with Crippen LogP contribution in [0.15, 0.2) is 24.3 Å². The molecule has 148 valence electrons. The van der Waals surface area contributed by atoms with Crippen LogP contribution in [0.1, 0.15) is 58.9 Å². The predicted molar refractivity (Wildman–Crippen MR) is 110 cm³/mol. The van der Waals surface area contributed by atoms with E-state index in [4.69, 9.17) is 4.74 Å². The Bertz CT molecular complexity index is 744. The second-order valence-electron chi connectivity index (χ2n) is 9.56. The number of anilines is 1. The summed E-state index contributed by atoms with van der Waals surface area (Å²) in [6, 6.07) is 5.62. The third-order valence-electron chi connectivity index (χ3n) is 5.83. The van der Waals surface area contributed by atoms with Crippen molar-refractivity contribution < 1.29 is 9.66 Å². The van der Waals surface area contributed by atoms with Gasteiger partial charge in [0.15, 0.2) is 0 Å². The third-order valence-corrected chi connectivity index (χ3v) is 5.83. The van der Waals surface area contributed by atoms with Gasteiger partial charge in [0.05, 0.1) is 16.6 Å². The summed E-state index contributed by atoms with van der Waals surface area (Å²) >= 11 is 0. The lowest BCUT2D eigenvalue weighted by atomic mass is 9.65. The highest BCUT2D eigenvalue weighted by Gasteiger charge is 2.35. The molecule has 1 saturated heterocycles. The number of nitro benzene ring substituents is 1. The van der Waals surface area contributed by atoms with Crippen LogP contribution in [0.2, 0.25) is 0 Å². The van der Waals surface area contributed by atoms with Crippen LogP contribution in [-0.4, -0.2) is 31.2 Å². The molecule has 0 atom stereocenters. The third kappa shape index (κ3) is 4.52. The van der Waals surface area contributed by atoms with Crippen molar-refractivity contribution in [3.8, 4) is 0 Å². The Kier molecular flexibility index (Phi) is 5.35. The number of nitrogens with zero attached hydrogens (tertiary/aromatic N) is 2. The molecule has 3 rings (SSSR count). The first-order valence-corrected chi connectivity index (χ1v) is 9.88. The molecular weight excluding hydrogens is 340 g/mol. The van der Waals surface area contributed by atoms with E-state index in [9.17, 15) is 10.1 Å². The monoisotopic (exact) mass is 372 g/mol. The van der Waals surface area contributed by atoms with E-state index in [-0.39, 0.29) is 21.4 Å². The molecule has 0 amide bonds. The molecule has 0 saturated carbocycles. The van der Waals surface area contributed by atoms with Gasteiger partial charge < -0.3 is 9.64 Å². The number of benzene rings is 1. The molecule has 27 heavy (non-hydrogen) atoms. The summed E-state index contributed by atoms with van der Waals surface area (Å²) in [5, 5.41) is 11.7. The minimum Gasteiger partial charge on any atom is -0.381 e. The number of hydrogen-bond acceptors (Lipinski definition) is 4. The molecule has 0 radical (unpaired) electrons. The van der Waals surface area contributed by atoms with Gasteiger partial charge in [-0.1, -0.05) is 33.8 Å². The number of nitro groups is 1. The average Bonchev–Trinajstić information content (AvgIpc) is 2.58. The normalized spacial score (nSPS) is 22.4. The second kappa shape index (κ2) is 7.27. The molecule has 0 spiro atoms. The molecule has 1 fully saturated rings. The van der Waals surface area contributed by atoms with Crippen molar-refractivity contribution in [1.29, 1.82) is 0 Å². The zero-order valence-electron chi connectivity index (χ0n) is 17.2. The summed E-state index contributed by atoms with van der Waals surface area (Å²) in [4.78, 5) is 13.8. The Morgan fingerprint density at radius 3 is 2.41 bits per heavy atom. The molecule has 1 aromatic rings. The second-order valence-corrected chi connectivity index (χ2v) is 9.56. The lowest BCUT2D eigenvalue weighted by Crippen LogP contribution is -2.36. The van der Waals surface area contributed by atoms with Crippen LogP contribution in [0.5, 0.6) is 0 Å². The molecule has 2 aliphatic rings. The number of ether oxygens (including phenoxy) is 1. The number of allylic oxidation sites excluding steroid dienone is 2. The van der Waals surface area contributed by atoms with Gasteiger partial charge in [-0.2, -0.15) is 0 Å². The highest BCUT2D eigenvalue weighted by molar-refractivity contribution is 5.77. The fourth-order valence-electron chi connectivity index (χ4n) is 5.05. The van der Waals surface area contributed by atoms with Crippen molar-refractivity contribution in [2.45, 2.75) is 59.5 Å². The highest BCUT2D eigenvalue weighted by atomic mass is 16.6. The summed E-state index contributed by atoms with van der Waals surface area (Å²) in [6.07, 6.45) is 6.51. The minimum atomic E-state index is -0.244. The Labute approximate surface area is 162 Å². The van der Waals surface area contributed by atoms with E-state index in [1.807, 2.05) is 12.1 Å². The molecule has 5 heteroatoms. The number of piperidine rings is 1. The van der Waals surface area contributed by atoms with Gasteiger partial charge in [-0.05, 0) is 54.2 Å². The highest BCUT2D eigenvalue weighted by Crippen LogP contribution is 2.49. The zero-order chi connectivity index (χ0) is 19.8. The maximum Gasteiger partial charge on any atom is 0.277 e. The first-order chi connectivity index (χ1) is 12.6. The van der Waals surface area contributed by atoms with Gasteiger partial charge in [0.2, 0.25) is 0 Å². The smallest absolute Gasteiger partial charge is 0.277 e. The molecule has 1 aromatic carbocycles. The average molecular weight is 373 g/mol. The van der Waals surface area contributed by atoms with Gasteiger partial charge in [-0.15, -0.1) is 0 Å². The Morgan fingerprint density at radius 2 is 1.85 bits per heavy atom. The van der Waals surface area contributed by atoms with Gasteiger partial charge in [0.1, 0.15) is 0 Å². The van der Waals surface area contributed by atoms with E-state index in [0.29, 0.717) is 6.10 Å². The van der Waals surface area contributed by atoms with E-state index in [1.54, 1.807) is 13.2 Å². The van der Waals surface area contributed by atoms with E-state index < -0.39 is 0 Å². The summed E-state index contributed by atoms with van der Waals surface area (Å²) in [5.74, 6) is 0. The molecule has 0 bridgehead atoms. The van der Waals surface area contributed by atoms with E-state index in [1.165, 1.54) is 0 Å². The van der Waals surface area contributed by atoms with Crippen molar-refractivity contribution in [2.75, 3.05) is 25.1 Å². The maximum atomic E-state index is 11.7. The van der Waals surface area contributed by atoms with Crippen molar-refractivity contribution in [3.05, 3.63) is 40.0 Å². The summed E-state index contributed by atoms with van der Waals surface area (Å²) < 4.78 is 5.47. The summed E-state index contributed by atoms with van der Waals surface area (Å²) in [7, 11) is 1.77. The van der Waals surface area contributed by atoms with Crippen molar-refractivity contribution in [1.82, 2.24) is 0 Å². The van der Waals surface area contributed by atoms with Crippen LogP contribution in [0.25, 0.3) is 5.57 Å². The van der Waals surface area contributed by atoms with Crippen LogP contribution >= 0.6 is 0 Å². The van der Waals surface area contributed by atoms with Crippen LogP contribution in [0, 0.1) is 20.9 Å². The van der Waals surface area contributed by atoms with Crippen LogP contribution in [0.3, 0.4) is 0 Å².